The second kappa shape index (κ2) is 6.56. The van der Waals surface area contributed by atoms with Crippen molar-refractivity contribution in [3.63, 3.8) is 0 Å². The predicted octanol–water partition coefficient (Wildman–Crippen LogP) is 4.42. The van der Waals surface area contributed by atoms with Crippen LogP contribution < -0.4 is 5.32 Å². The molecule has 0 aliphatic heterocycles. The van der Waals surface area contributed by atoms with Crippen LogP contribution in [0.1, 0.15) is 5.69 Å². The predicted molar refractivity (Wildman–Crippen MR) is 94.0 cm³/mol. The van der Waals surface area contributed by atoms with Crippen LogP contribution in [0.15, 0.2) is 46.8 Å². The number of thioether (sulfide) groups is 1. The standard InChI is InChI=1S/C15H12ClN3OS2/c1-21-12-5-3-2-4-10(12)17-13(20)7-6-11-14(16)18-15-19(11)8-9-22-15/h2-9H,1H3,(H,17,20)/b7-6+. The normalized spacial score (nSPS) is 11.4. The number of nitrogens with one attached hydrogen (secondary N) is 1. The molecule has 0 fully saturated rings. The zero-order valence-electron chi connectivity index (χ0n) is 11.6. The number of carbonyl (C=O) groups excluding carboxylic acids is 1. The number of carbonyl (C=O) groups is 1. The van der Waals surface area contributed by atoms with E-state index < -0.39 is 0 Å². The molecule has 3 aromatic rings. The number of hydrogen-bond acceptors (Lipinski definition) is 4. The number of thiazole rings is 1. The lowest BCUT2D eigenvalue weighted by Crippen LogP contribution is -2.08. The number of fused-ring (bicyclic) bond motifs is 1. The Labute approximate surface area is 140 Å². The summed E-state index contributed by atoms with van der Waals surface area (Å²) >= 11 is 9.17. The molecule has 1 N–H and O–H groups in total. The molecule has 2 aromatic heterocycles. The average molecular weight is 350 g/mol. The van der Waals surface area contributed by atoms with Crippen molar-refractivity contribution in [2.24, 2.45) is 0 Å². The quantitative estimate of drug-likeness (QED) is 0.560. The maximum atomic E-state index is 12.1. The third kappa shape index (κ3) is 3.04. The summed E-state index contributed by atoms with van der Waals surface area (Å²) in [5.41, 5.74) is 1.50. The van der Waals surface area contributed by atoms with E-state index in [1.54, 1.807) is 17.8 Å². The SMILES string of the molecule is CSc1ccccc1NC(=O)/C=C/c1c(Cl)nc2sccn12. The van der Waals surface area contributed by atoms with Gasteiger partial charge >= 0.3 is 0 Å². The van der Waals surface area contributed by atoms with E-state index in [9.17, 15) is 4.79 Å². The fourth-order valence-corrected chi connectivity index (χ4v) is 3.56. The summed E-state index contributed by atoms with van der Waals surface area (Å²) < 4.78 is 1.85. The highest BCUT2D eigenvalue weighted by molar-refractivity contribution is 7.98. The van der Waals surface area contributed by atoms with Crippen molar-refractivity contribution in [2.45, 2.75) is 4.90 Å². The average Bonchev–Trinajstić information content (AvgIpc) is 3.06. The van der Waals surface area contributed by atoms with Crippen molar-refractivity contribution in [3.05, 3.63) is 52.8 Å². The van der Waals surface area contributed by atoms with E-state index in [-0.39, 0.29) is 5.91 Å². The van der Waals surface area contributed by atoms with Gasteiger partial charge in [-0.05, 0) is 24.5 Å². The topological polar surface area (TPSA) is 46.4 Å². The van der Waals surface area contributed by atoms with Crippen LogP contribution in [0.25, 0.3) is 11.0 Å². The second-order valence-electron chi connectivity index (χ2n) is 4.37. The van der Waals surface area contributed by atoms with Crippen molar-refractivity contribution in [1.82, 2.24) is 9.38 Å². The molecule has 0 radical (unpaired) electrons. The van der Waals surface area contributed by atoms with Crippen molar-refractivity contribution in [3.8, 4) is 0 Å². The minimum Gasteiger partial charge on any atom is -0.321 e. The molecule has 112 valence electrons. The summed E-state index contributed by atoms with van der Waals surface area (Å²) in [5.74, 6) is -0.206. The van der Waals surface area contributed by atoms with Crippen molar-refractivity contribution >= 4 is 57.3 Å². The first-order valence-corrected chi connectivity index (χ1v) is 8.90. The smallest absolute Gasteiger partial charge is 0.248 e. The van der Waals surface area contributed by atoms with E-state index in [1.165, 1.54) is 17.4 Å². The Kier molecular flexibility index (Phi) is 4.52. The van der Waals surface area contributed by atoms with Crippen LogP contribution in [0.5, 0.6) is 0 Å². The van der Waals surface area contributed by atoms with E-state index in [0.29, 0.717) is 10.8 Å². The minimum absolute atomic E-state index is 0.206. The van der Waals surface area contributed by atoms with Crippen LogP contribution in [0.3, 0.4) is 0 Å². The molecule has 0 unspecified atom stereocenters. The Morgan fingerprint density at radius 2 is 2.27 bits per heavy atom. The highest BCUT2D eigenvalue weighted by Crippen LogP contribution is 2.25. The van der Waals surface area contributed by atoms with Crippen LogP contribution >= 0.6 is 34.7 Å². The Balaban J connectivity index is 1.79. The van der Waals surface area contributed by atoms with Gasteiger partial charge in [-0.3, -0.25) is 9.20 Å². The highest BCUT2D eigenvalue weighted by Gasteiger charge is 2.09. The third-order valence-electron chi connectivity index (χ3n) is 3.01. The number of hydrogen-bond donors (Lipinski definition) is 1. The van der Waals surface area contributed by atoms with E-state index in [1.807, 2.05) is 46.5 Å². The fourth-order valence-electron chi connectivity index (χ4n) is 2.00. The molecule has 0 bridgehead atoms. The summed E-state index contributed by atoms with van der Waals surface area (Å²) in [4.78, 5) is 18.1. The monoisotopic (exact) mass is 349 g/mol. The number of anilines is 1. The van der Waals surface area contributed by atoms with Gasteiger partial charge in [0.1, 0.15) is 0 Å². The molecule has 22 heavy (non-hydrogen) atoms. The van der Waals surface area contributed by atoms with E-state index in [0.717, 1.165) is 15.5 Å². The molecule has 0 spiro atoms. The van der Waals surface area contributed by atoms with E-state index >= 15 is 0 Å². The van der Waals surface area contributed by atoms with Crippen LogP contribution in [0, 0.1) is 0 Å². The van der Waals surface area contributed by atoms with Gasteiger partial charge in [0.15, 0.2) is 10.1 Å². The van der Waals surface area contributed by atoms with Gasteiger partial charge in [0.2, 0.25) is 5.91 Å². The zero-order chi connectivity index (χ0) is 15.5. The van der Waals surface area contributed by atoms with Crippen LogP contribution in [0.4, 0.5) is 5.69 Å². The second-order valence-corrected chi connectivity index (χ2v) is 6.45. The number of halogens is 1. The largest absolute Gasteiger partial charge is 0.321 e. The lowest BCUT2D eigenvalue weighted by molar-refractivity contribution is -0.111. The molecule has 4 nitrogen and oxygen atoms in total. The first kappa shape index (κ1) is 15.1. The molecule has 1 aromatic carbocycles. The van der Waals surface area contributed by atoms with Gasteiger partial charge in [0, 0.05) is 22.5 Å². The minimum atomic E-state index is -0.206. The molecule has 0 aliphatic carbocycles. The molecule has 3 rings (SSSR count). The summed E-state index contributed by atoms with van der Waals surface area (Å²) in [5, 5.41) is 5.18. The number of benzene rings is 1. The maximum absolute atomic E-state index is 12.1. The number of nitrogens with zero attached hydrogens (tertiary/aromatic N) is 2. The molecule has 0 saturated carbocycles. The van der Waals surface area contributed by atoms with Crippen molar-refractivity contribution in [2.75, 3.05) is 11.6 Å². The van der Waals surface area contributed by atoms with Gasteiger partial charge in [-0.25, -0.2) is 4.98 Å². The molecule has 7 heteroatoms. The number of para-hydroxylation sites is 1. The molecule has 0 saturated heterocycles. The third-order valence-corrected chi connectivity index (χ3v) is 4.84. The molecular formula is C15H12ClN3OS2. The van der Waals surface area contributed by atoms with Crippen molar-refractivity contribution < 1.29 is 4.79 Å². The van der Waals surface area contributed by atoms with Gasteiger partial charge < -0.3 is 5.32 Å². The van der Waals surface area contributed by atoms with Crippen LogP contribution in [-0.2, 0) is 4.79 Å². The fraction of sp³-hybridized carbons (Fsp3) is 0.0667. The lowest BCUT2D eigenvalue weighted by Gasteiger charge is -2.06. The summed E-state index contributed by atoms with van der Waals surface area (Å²) in [6, 6.07) is 7.67. The van der Waals surface area contributed by atoms with E-state index in [2.05, 4.69) is 10.3 Å². The van der Waals surface area contributed by atoms with Crippen molar-refractivity contribution in [1.29, 1.82) is 0 Å². The molecule has 1 amide bonds. The Bertz CT molecular complexity index is 853. The first-order valence-electron chi connectivity index (χ1n) is 6.42. The highest BCUT2D eigenvalue weighted by atomic mass is 35.5. The summed E-state index contributed by atoms with van der Waals surface area (Å²) in [7, 11) is 0. The zero-order valence-corrected chi connectivity index (χ0v) is 14.0. The van der Waals surface area contributed by atoms with Crippen LogP contribution in [-0.4, -0.2) is 21.5 Å². The number of imidazole rings is 1. The van der Waals surface area contributed by atoms with Gasteiger partial charge in [0.05, 0.1) is 11.4 Å². The number of rotatable bonds is 4. The number of amides is 1. The van der Waals surface area contributed by atoms with E-state index in [4.69, 9.17) is 11.6 Å². The Morgan fingerprint density at radius 3 is 3.09 bits per heavy atom. The maximum Gasteiger partial charge on any atom is 0.248 e. The molecule has 0 atom stereocenters. The molecule has 2 heterocycles. The lowest BCUT2D eigenvalue weighted by atomic mass is 10.3. The van der Waals surface area contributed by atoms with Gasteiger partial charge in [-0.15, -0.1) is 23.1 Å². The molecular weight excluding hydrogens is 338 g/mol. The summed E-state index contributed by atoms with van der Waals surface area (Å²) in [6.45, 7) is 0. The Morgan fingerprint density at radius 1 is 1.45 bits per heavy atom. The molecule has 0 aliphatic rings. The van der Waals surface area contributed by atoms with Crippen LogP contribution in [0.2, 0.25) is 5.15 Å². The summed E-state index contributed by atoms with van der Waals surface area (Å²) in [6.07, 6.45) is 6.98. The van der Waals surface area contributed by atoms with Gasteiger partial charge in [-0.2, -0.15) is 0 Å². The van der Waals surface area contributed by atoms with Gasteiger partial charge in [0.25, 0.3) is 0 Å². The number of aromatic nitrogens is 2. The van der Waals surface area contributed by atoms with Gasteiger partial charge in [-0.1, -0.05) is 23.7 Å². The first-order chi connectivity index (χ1) is 10.7. The Hall–Kier alpha value is -1.76.